The molecule has 22 heavy (non-hydrogen) atoms. The first-order valence-corrected chi connectivity index (χ1v) is 7.36. The van der Waals surface area contributed by atoms with Crippen LogP contribution in [0.5, 0.6) is 0 Å². The summed E-state index contributed by atoms with van der Waals surface area (Å²) in [5, 5.41) is 16.5. The first kappa shape index (κ1) is 16.0. The molecule has 1 unspecified atom stereocenters. The van der Waals surface area contributed by atoms with Gasteiger partial charge in [-0.2, -0.15) is 0 Å². The molecule has 116 valence electrons. The van der Waals surface area contributed by atoms with Crippen molar-refractivity contribution < 1.29 is 14.7 Å². The Labute approximate surface area is 129 Å². The molecule has 0 aliphatic carbocycles. The maximum atomic E-state index is 11.8. The lowest BCUT2D eigenvalue weighted by Gasteiger charge is -2.09. The normalized spacial score (nSPS) is 11.9. The van der Waals surface area contributed by atoms with Crippen LogP contribution in [0, 0.1) is 0 Å². The molecule has 0 aliphatic rings. The van der Waals surface area contributed by atoms with Gasteiger partial charge >= 0.3 is 11.8 Å². The number of hydrogen-bond acceptors (Lipinski definition) is 3. The highest BCUT2D eigenvalue weighted by atomic mass is 16.3. The fourth-order valence-electron chi connectivity index (χ4n) is 2.09. The van der Waals surface area contributed by atoms with Crippen LogP contribution in [0.25, 0.3) is 10.8 Å². The van der Waals surface area contributed by atoms with Crippen LogP contribution in [-0.4, -0.2) is 29.6 Å². The first-order chi connectivity index (χ1) is 10.6. The molecule has 0 aliphatic heterocycles. The number of fused-ring (bicyclic) bond motifs is 1. The summed E-state index contributed by atoms with van der Waals surface area (Å²) >= 11 is 0. The maximum absolute atomic E-state index is 11.8. The first-order valence-electron chi connectivity index (χ1n) is 7.36. The molecule has 0 fully saturated rings. The summed E-state index contributed by atoms with van der Waals surface area (Å²) in [6.45, 7) is 2.14. The van der Waals surface area contributed by atoms with Crippen molar-refractivity contribution in [3.05, 3.63) is 42.5 Å². The summed E-state index contributed by atoms with van der Waals surface area (Å²) < 4.78 is 0. The minimum Gasteiger partial charge on any atom is -0.393 e. The van der Waals surface area contributed by atoms with Crippen LogP contribution in [0.3, 0.4) is 0 Å². The van der Waals surface area contributed by atoms with Crippen molar-refractivity contribution in [2.24, 2.45) is 0 Å². The van der Waals surface area contributed by atoms with Gasteiger partial charge in [-0.1, -0.05) is 37.3 Å². The van der Waals surface area contributed by atoms with E-state index in [1.54, 1.807) is 6.07 Å². The summed E-state index contributed by atoms with van der Waals surface area (Å²) in [4.78, 5) is 23.5. The smallest absolute Gasteiger partial charge is 0.313 e. The number of carbonyl (C=O) groups is 2. The van der Waals surface area contributed by atoms with Crippen molar-refractivity contribution >= 4 is 28.3 Å². The molecular formula is C17H20N2O3. The zero-order chi connectivity index (χ0) is 15.9. The van der Waals surface area contributed by atoms with Crippen LogP contribution in [0.4, 0.5) is 5.69 Å². The van der Waals surface area contributed by atoms with Crippen LogP contribution in [0.2, 0.25) is 0 Å². The number of rotatable bonds is 5. The van der Waals surface area contributed by atoms with Crippen LogP contribution in [0.15, 0.2) is 42.5 Å². The van der Waals surface area contributed by atoms with Crippen molar-refractivity contribution in [3.63, 3.8) is 0 Å². The molecule has 3 N–H and O–H groups in total. The zero-order valence-corrected chi connectivity index (χ0v) is 12.5. The molecule has 0 heterocycles. The van der Waals surface area contributed by atoms with E-state index in [9.17, 15) is 14.7 Å². The van der Waals surface area contributed by atoms with Crippen LogP contribution < -0.4 is 10.6 Å². The summed E-state index contributed by atoms with van der Waals surface area (Å²) in [5.74, 6) is -1.40. The SMILES string of the molecule is CCC(O)CCNC(=O)C(=O)Nc1ccc2ccccc2c1. The number of anilines is 1. The molecule has 5 heteroatoms. The van der Waals surface area contributed by atoms with E-state index in [-0.39, 0.29) is 6.54 Å². The number of nitrogens with one attached hydrogen (secondary N) is 2. The Bertz CT molecular complexity index is 670. The molecular weight excluding hydrogens is 280 g/mol. The molecule has 2 rings (SSSR count). The average Bonchev–Trinajstić information content (AvgIpc) is 2.54. The largest absolute Gasteiger partial charge is 0.393 e. The summed E-state index contributed by atoms with van der Waals surface area (Å²) in [6.07, 6.45) is 0.605. The number of amides is 2. The van der Waals surface area contributed by atoms with Crippen molar-refractivity contribution in [1.82, 2.24) is 5.32 Å². The second kappa shape index (κ2) is 7.56. The van der Waals surface area contributed by atoms with Gasteiger partial charge in [-0.3, -0.25) is 9.59 Å². The van der Waals surface area contributed by atoms with Gasteiger partial charge in [0.2, 0.25) is 0 Å². The van der Waals surface area contributed by atoms with Gasteiger partial charge in [0.25, 0.3) is 0 Å². The third-order valence-corrected chi connectivity index (χ3v) is 3.45. The number of aliphatic hydroxyl groups excluding tert-OH is 1. The molecule has 5 nitrogen and oxygen atoms in total. The highest BCUT2D eigenvalue weighted by Crippen LogP contribution is 2.18. The van der Waals surface area contributed by atoms with Gasteiger partial charge in [0.15, 0.2) is 0 Å². The number of carbonyl (C=O) groups excluding carboxylic acids is 2. The molecule has 0 bridgehead atoms. The van der Waals surface area contributed by atoms with Gasteiger partial charge in [0.1, 0.15) is 0 Å². The second-order valence-electron chi connectivity index (χ2n) is 5.12. The van der Waals surface area contributed by atoms with Gasteiger partial charge in [-0.05, 0) is 35.7 Å². The van der Waals surface area contributed by atoms with E-state index in [0.717, 1.165) is 10.8 Å². The molecule has 2 aromatic carbocycles. The highest BCUT2D eigenvalue weighted by Gasteiger charge is 2.13. The third-order valence-electron chi connectivity index (χ3n) is 3.45. The van der Waals surface area contributed by atoms with Gasteiger partial charge in [0, 0.05) is 12.2 Å². The summed E-state index contributed by atoms with van der Waals surface area (Å²) in [7, 11) is 0. The minimum atomic E-state index is -0.707. The van der Waals surface area contributed by atoms with Crippen molar-refractivity contribution in [2.45, 2.75) is 25.9 Å². The Balaban J connectivity index is 1.91. The lowest BCUT2D eigenvalue weighted by molar-refractivity contribution is -0.136. The third kappa shape index (κ3) is 4.30. The Hall–Kier alpha value is -2.40. The predicted molar refractivity (Wildman–Crippen MR) is 86.5 cm³/mol. The molecule has 0 aromatic heterocycles. The Kier molecular flexibility index (Phi) is 5.49. The minimum absolute atomic E-state index is 0.277. The topological polar surface area (TPSA) is 78.4 Å². The van der Waals surface area contributed by atoms with E-state index in [1.165, 1.54) is 0 Å². The van der Waals surface area contributed by atoms with Crippen LogP contribution in [-0.2, 0) is 9.59 Å². The van der Waals surface area contributed by atoms with Gasteiger partial charge in [0.05, 0.1) is 6.10 Å². The molecule has 1 atom stereocenters. The van der Waals surface area contributed by atoms with Crippen molar-refractivity contribution in [1.29, 1.82) is 0 Å². The molecule has 0 saturated heterocycles. The van der Waals surface area contributed by atoms with Crippen molar-refractivity contribution in [3.8, 4) is 0 Å². The number of hydrogen-bond donors (Lipinski definition) is 3. The fraction of sp³-hybridized carbons (Fsp3) is 0.294. The van der Waals surface area contributed by atoms with Crippen LogP contribution in [0.1, 0.15) is 19.8 Å². The number of aliphatic hydroxyl groups is 1. The predicted octanol–water partition coefficient (Wildman–Crippen LogP) is 2.06. The number of benzene rings is 2. The van der Waals surface area contributed by atoms with Gasteiger partial charge < -0.3 is 15.7 Å². The van der Waals surface area contributed by atoms with E-state index < -0.39 is 17.9 Å². The lowest BCUT2D eigenvalue weighted by Crippen LogP contribution is -2.36. The summed E-state index contributed by atoms with van der Waals surface area (Å²) in [5.41, 5.74) is 0.576. The molecule has 0 spiro atoms. The lowest BCUT2D eigenvalue weighted by atomic mass is 10.1. The van der Waals surface area contributed by atoms with Gasteiger partial charge in [-0.25, -0.2) is 0 Å². The van der Waals surface area contributed by atoms with E-state index in [0.29, 0.717) is 18.5 Å². The fourth-order valence-corrected chi connectivity index (χ4v) is 2.09. The van der Waals surface area contributed by atoms with Crippen molar-refractivity contribution in [2.75, 3.05) is 11.9 Å². The van der Waals surface area contributed by atoms with E-state index in [2.05, 4.69) is 10.6 Å². The average molecular weight is 300 g/mol. The Morgan fingerprint density at radius 2 is 1.82 bits per heavy atom. The molecule has 2 aromatic rings. The Morgan fingerprint density at radius 3 is 2.55 bits per heavy atom. The molecule has 2 amide bonds. The van der Waals surface area contributed by atoms with E-state index in [1.807, 2.05) is 43.3 Å². The maximum Gasteiger partial charge on any atom is 0.313 e. The Morgan fingerprint density at radius 1 is 1.09 bits per heavy atom. The van der Waals surface area contributed by atoms with Gasteiger partial charge in [-0.15, -0.1) is 0 Å². The molecule has 0 saturated carbocycles. The van der Waals surface area contributed by atoms with E-state index >= 15 is 0 Å². The monoisotopic (exact) mass is 300 g/mol. The second-order valence-corrected chi connectivity index (χ2v) is 5.12. The van der Waals surface area contributed by atoms with Crippen LogP contribution >= 0.6 is 0 Å². The standard InChI is InChI=1S/C17H20N2O3/c1-2-15(20)9-10-18-16(21)17(22)19-14-8-7-12-5-3-4-6-13(12)11-14/h3-8,11,15,20H,2,9-10H2,1H3,(H,18,21)(H,19,22). The highest BCUT2D eigenvalue weighted by molar-refractivity contribution is 6.39. The molecule has 0 radical (unpaired) electrons. The quantitative estimate of drug-likeness (QED) is 0.740. The zero-order valence-electron chi connectivity index (χ0n) is 12.5. The van der Waals surface area contributed by atoms with E-state index in [4.69, 9.17) is 0 Å². The summed E-state index contributed by atoms with van der Waals surface area (Å²) in [6, 6.07) is 13.2.